The number of hydrogen-bond acceptors (Lipinski definition) is 4. The predicted molar refractivity (Wildman–Crippen MR) is 61.0 cm³/mol. The Morgan fingerprint density at radius 3 is 0.733 bits per heavy atom. The molecule has 0 aromatic carbocycles. The molecule has 1 aliphatic heterocycles. The number of rotatable bonds is 0. The summed E-state index contributed by atoms with van der Waals surface area (Å²) in [6.45, 7) is 9.14. The Bertz CT molecular complexity index is 55.6. The van der Waals surface area contributed by atoms with Gasteiger partial charge >= 0.3 is 0 Å². The fourth-order valence-electron chi connectivity index (χ4n) is 0.880. The number of ether oxygens (including phenoxy) is 4. The molecule has 0 amide bonds. The largest absolute Gasteiger partial charge is 0.377 e. The second kappa shape index (κ2) is 16.2. The van der Waals surface area contributed by atoms with Gasteiger partial charge in [-0.15, -0.1) is 0 Å². The highest BCUT2D eigenvalue weighted by molar-refractivity contribution is 4.37. The van der Waals surface area contributed by atoms with E-state index in [0.29, 0.717) is 52.9 Å². The van der Waals surface area contributed by atoms with Crippen molar-refractivity contribution < 1.29 is 18.9 Å². The standard InChI is InChI=1S/C8H16O4.C2H6.CH3/c1-2-10-5-6-12-8-7-11-4-3-9-1;1-2;/h1-8H2;1-2H3;1H3/q;;+1. The minimum atomic E-state index is 0. The second-order valence-electron chi connectivity index (χ2n) is 2.45. The van der Waals surface area contributed by atoms with Crippen molar-refractivity contribution >= 4 is 0 Å². The molecule has 1 heterocycles. The maximum Gasteiger partial charge on any atom is 0.0701 e. The van der Waals surface area contributed by atoms with Crippen LogP contribution in [0.5, 0.6) is 0 Å². The van der Waals surface area contributed by atoms with Gasteiger partial charge in [-0.1, -0.05) is 13.8 Å². The lowest BCUT2D eigenvalue weighted by Gasteiger charge is -2.09. The van der Waals surface area contributed by atoms with Gasteiger partial charge in [0.25, 0.3) is 0 Å². The van der Waals surface area contributed by atoms with Crippen molar-refractivity contribution in [1.29, 1.82) is 0 Å². The molecule has 0 bridgehead atoms. The molecule has 4 heteroatoms. The van der Waals surface area contributed by atoms with Crippen molar-refractivity contribution in [2.75, 3.05) is 52.9 Å². The molecule has 1 aliphatic rings. The smallest absolute Gasteiger partial charge is 0.0701 e. The lowest BCUT2D eigenvalue weighted by molar-refractivity contribution is -0.0334. The summed E-state index contributed by atoms with van der Waals surface area (Å²) >= 11 is 0. The third-order valence-electron chi connectivity index (χ3n) is 1.49. The molecule has 0 saturated carbocycles. The lowest BCUT2D eigenvalue weighted by Crippen LogP contribution is -2.16. The molecule has 4 nitrogen and oxygen atoms in total. The van der Waals surface area contributed by atoms with Gasteiger partial charge in [-0.05, 0) is 0 Å². The average molecular weight is 221 g/mol. The van der Waals surface area contributed by atoms with Crippen LogP contribution in [0.15, 0.2) is 0 Å². The van der Waals surface area contributed by atoms with Crippen LogP contribution in [-0.4, -0.2) is 52.9 Å². The van der Waals surface area contributed by atoms with Crippen molar-refractivity contribution in [1.82, 2.24) is 0 Å². The fourth-order valence-corrected chi connectivity index (χ4v) is 0.880. The van der Waals surface area contributed by atoms with E-state index in [1.54, 1.807) is 0 Å². The van der Waals surface area contributed by atoms with Crippen LogP contribution in [0.4, 0.5) is 0 Å². The third-order valence-corrected chi connectivity index (χ3v) is 1.49. The molecule has 1 saturated heterocycles. The van der Waals surface area contributed by atoms with E-state index in [0.717, 1.165) is 0 Å². The van der Waals surface area contributed by atoms with Gasteiger partial charge in [0.05, 0.1) is 52.9 Å². The summed E-state index contributed by atoms with van der Waals surface area (Å²) in [6, 6.07) is 0. The summed E-state index contributed by atoms with van der Waals surface area (Å²) in [5.74, 6) is 0. The highest BCUT2D eigenvalue weighted by Crippen LogP contribution is 1.85. The van der Waals surface area contributed by atoms with Crippen LogP contribution in [0.3, 0.4) is 0 Å². The molecule has 0 aliphatic carbocycles. The molecule has 0 atom stereocenters. The van der Waals surface area contributed by atoms with Crippen LogP contribution in [0.25, 0.3) is 0 Å². The Morgan fingerprint density at radius 2 is 0.600 bits per heavy atom. The minimum absolute atomic E-state index is 0. The first-order chi connectivity index (χ1) is 7.00. The van der Waals surface area contributed by atoms with Crippen LogP contribution >= 0.6 is 0 Å². The first kappa shape index (κ1) is 17.1. The predicted octanol–water partition coefficient (Wildman–Crippen LogP) is 1.54. The van der Waals surface area contributed by atoms with Gasteiger partial charge in [0.2, 0.25) is 0 Å². The van der Waals surface area contributed by atoms with Gasteiger partial charge in [0.15, 0.2) is 0 Å². The van der Waals surface area contributed by atoms with Crippen LogP contribution < -0.4 is 0 Å². The molecule has 1 rings (SSSR count). The molecule has 0 spiro atoms. The van der Waals surface area contributed by atoms with Gasteiger partial charge < -0.3 is 18.9 Å². The van der Waals surface area contributed by atoms with E-state index in [2.05, 4.69) is 0 Å². The summed E-state index contributed by atoms with van der Waals surface area (Å²) in [6.07, 6.45) is 0. The van der Waals surface area contributed by atoms with Crippen molar-refractivity contribution in [3.05, 3.63) is 7.43 Å². The molecule has 0 aromatic rings. The molecule has 1 fully saturated rings. The fraction of sp³-hybridized carbons (Fsp3) is 0.909. The summed E-state index contributed by atoms with van der Waals surface area (Å²) in [5, 5.41) is 0. The van der Waals surface area contributed by atoms with Gasteiger partial charge in [0, 0.05) is 7.43 Å². The minimum Gasteiger partial charge on any atom is -0.377 e. The van der Waals surface area contributed by atoms with Crippen LogP contribution in [0.2, 0.25) is 0 Å². The Morgan fingerprint density at radius 1 is 0.467 bits per heavy atom. The maximum absolute atomic E-state index is 5.22. The Labute approximate surface area is 93.8 Å². The van der Waals surface area contributed by atoms with E-state index in [9.17, 15) is 0 Å². The first-order valence-electron chi connectivity index (χ1n) is 5.31. The summed E-state index contributed by atoms with van der Waals surface area (Å²) in [5.41, 5.74) is 0. The quantitative estimate of drug-likeness (QED) is 0.581. The second-order valence-corrected chi connectivity index (χ2v) is 2.45. The molecular formula is C11H25O4+. The monoisotopic (exact) mass is 221 g/mol. The lowest BCUT2D eigenvalue weighted by atomic mass is 10.6. The van der Waals surface area contributed by atoms with Crippen molar-refractivity contribution in [3.63, 3.8) is 0 Å². The van der Waals surface area contributed by atoms with Crippen LogP contribution in [0, 0.1) is 7.43 Å². The van der Waals surface area contributed by atoms with Crippen LogP contribution in [0.1, 0.15) is 13.8 Å². The Balaban J connectivity index is 0. The van der Waals surface area contributed by atoms with Gasteiger partial charge in [-0.25, -0.2) is 0 Å². The molecule has 15 heavy (non-hydrogen) atoms. The van der Waals surface area contributed by atoms with Crippen molar-refractivity contribution in [2.45, 2.75) is 13.8 Å². The third kappa shape index (κ3) is 13.7. The maximum atomic E-state index is 5.22. The normalized spacial score (nSPS) is 19.6. The molecule has 92 valence electrons. The molecule has 0 aromatic heterocycles. The summed E-state index contributed by atoms with van der Waals surface area (Å²) in [4.78, 5) is 0. The zero-order valence-electron chi connectivity index (χ0n) is 10.3. The molecule has 0 unspecified atom stereocenters. The topological polar surface area (TPSA) is 36.9 Å². The van der Waals surface area contributed by atoms with Crippen molar-refractivity contribution in [2.24, 2.45) is 0 Å². The summed E-state index contributed by atoms with van der Waals surface area (Å²) in [7, 11) is 0. The Kier molecular flexibility index (Phi) is 18.4. The van der Waals surface area contributed by atoms with E-state index in [4.69, 9.17) is 18.9 Å². The average Bonchev–Trinajstić information content (AvgIpc) is 2.22. The SMILES string of the molecule is C1COCCOCCOCCO1.CC.[CH3+]. The van der Waals surface area contributed by atoms with Gasteiger partial charge in [-0.2, -0.15) is 0 Å². The van der Waals surface area contributed by atoms with E-state index >= 15 is 0 Å². The summed E-state index contributed by atoms with van der Waals surface area (Å²) < 4.78 is 20.9. The molecular weight excluding hydrogens is 196 g/mol. The molecule has 0 N–H and O–H groups in total. The zero-order valence-corrected chi connectivity index (χ0v) is 10.3. The highest BCUT2D eigenvalue weighted by atomic mass is 16.6. The zero-order chi connectivity index (χ0) is 10.5. The van der Waals surface area contributed by atoms with Gasteiger partial charge in [0.1, 0.15) is 0 Å². The first-order valence-corrected chi connectivity index (χ1v) is 5.31. The van der Waals surface area contributed by atoms with Gasteiger partial charge in [-0.3, -0.25) is 0 Å². The van der Waals surface area contributed by atoms with E-state index in [-0.39, 0.29) is 7.43 Å². The molecule has 0 radical (unpaired) electrons. The van der Waals surface area contributed by atoms with Crippen LogP contribution in [-0.2, 0) is 18.9 Å². The van der Waals surface area contributed by atoms with E-state index in [1.165, 1.54) is 0 Å². The van der Waals surface area contributed by atoms with Crippen molar-refractivity contribution in [3.8, 4) is 0 Å². The van der Waals surface area contributed by atoms with E-state index in [1.807, 2.05) is 13.8 Å². The Hall–Kier alpha value is -0.290. The highest BCUT2D eigenvalue weighted by Gasteiger charge is 1.94. The number of hydrogen-bond donors (Lipinski definition) is 0. The van der Waals surface area contributed by atoms with E-state index < -0.39 is 0 Å².